The summed E-state index contributed by atoms with van der Waals surface area (Å²) in [5.74, 6) is -0.775. The van der Waals surface area contributed by atoms with Crippen molar-refractivity contribution >= 4 is 28.5 Å². The molecule has 0 bridgehead atoms. The number of para-hydroxylation sites is 1. The number of benzene rings is 2. The van der Waals surface area contributed by atoms with Crippen LogP contribution in [0.2, 0.25) is 0 Å². The SMILES string of the molecule is Cc1ccc(-c2cccc3cnc(Nc4ccc5c(c4)OCO5)nc23)cn1.O=C(O)C(F)(F)F. The van der Waals surface area contributed by atoms with Crippen LogP contribution in [0, 0.1) is 6.92 Å². The normalized spacial score (nSPS) is 12.1. The molecule has 0 saturated carbocycles. The van der Waals surface area contributed by atoms with Gasteiger partial charge in [-0.15, -0.1) is 0 Å². The van der Waals surface area contributed by atoms with Crippen molar-refractivity contribution in [3.05, 3.63) is 66.6 Å². The number of carboxylic acid groups (broad SMARTS) is 1. The van der Waals surface area contributed by atoms with Crippen LogP contribution in [-0.2, 0) is 4.79 Å². The van der Waals surface area contributed by atoms with E-state index >= 15 is 0 Å². The molecule has 3 heterocycles. The summed E-state index contributed by atoms with van der Waals surface area (Å²) in [5, 5.41) is 11.3. The topological polar surface area (TPSA) is 106 Å². The van der Waals surface area contributed by atoms with Crippen molar-refractivity contribution < 1.29 is 32.5 Å². The third-order valence-corrected chi connectivity index (χ3v) is 4.70. The Kier molecular flexibility index (Phi) is 6.17. The van der Waals surface area contributed by atoms with Crippen molar-refractivity contribution in [2.75, 3.05) is 12.1 Å². The number of aliphatic carboxylic acids is 1. The van der Waals surface area contributed by atoms with Crippen LogP contribution in [0.4, 0.5) is 24.8 Å². The van der Waals surface area contributed by atoms with Gasteiger partial charge in [-0.3, -0.25) is 4.98 Å². The molecule has 0 fully saturated rings. The van der Waals surface area contributed by atoms with E-state index in [9.17, 15) is 13.2 Å². The third kappa shape index (κ3) is 5.14. The van der Waals surface area contributed by atoms with Crippen LogP contribution < -0.4 is 14.8 Å². The van der Waals surface area contributed by atoms with Gasteiger partial charge in [0.1, 0.15) is 0 Å². The zero-order chi connectivity index (χ0) is 24.3. The zero-order valence-electron chi connectivity index (χ0n) is 17.6. The molecule has 8 nitrogen and oxygen atoms in total. The van der Waals surface area contributed by atoms with Crippen LogP contribution in [-0.4, -0.2) is 39.0 Å². The van der Waals surface area contributed by atoms with Gasteiger partial charge in [0.05, 0.1) is 5.52 Å². The minimum atomic E-state index is -5.08. The van der Waals surface area contributed by atoms with E-state index in [4.69, 9.17) is 24.4 Å². The molecule has 2 aromatic carbocycles. The molecule has 0 radical (unpaired) electrons. The van der Waals surface area contributed by atoms with Crippen molar-refractivity contribution in [1.82, 2.24) is 15.0 Å². The van der Waals surface area contributed by atoms with Crippen LogP contribution in [0.5, 0.6) is 11.5 Å². The lowest BCUT2D eigenvalue weighted by atomic mass is 10.0. The molecule has 0 spiro atoms. The van der Waals surface area contributed by atoms with Gasteiger partial charge < -0.3 is 19.9 Å². The van der Waals surface area contributed by atoms with Crippen molar-refractivity contribution in [2.45, 2.75) is 13.1 Å². The number of pyridine rings is 1. The maximum Gasteiger partial charge on any atom is 0.490 e. The molecular weight excluding hydrogens is 453 g/mol. The Morgan fingerprint density at radius 2 is 1.79 bits per heavy atom. The number of halogens is 3. The average molecular weight is 470 g/mol. The summed E-state index contributed by atoms with van der Waals surface area (Å²) in [6.07, 6.45) is -1.39. The van der Waals surface area contributed by atoms with Crippen LogP contribution >= 0.6 is 0 Å². The van der Waals surface area contributed by atoms with Crippen molar-refractivity contribution in [2.24, 2.45) is 0 Å². The van der Waals surface area contributed by atoms with E-state index in [1.807, 2.05) is 61.8 Å². The number of ether oxygens (including phenoxy) is 2. The lowest BCUT2D eigenvalue weighted by molar-refractivity contribution is -0.192. The number of hydrogen-bond acceptors (Lipinski definition) is 7. The maximum atomic E-state index is 10.6. The second-order valence-electron chi connectivity index (χ2n) is 7.12. The summed E-state index contributed by atoms with van der Waals surface area (Å²) in [7, 11) is 0. The van der Waals surface area contributed by atoms with E-state index in [0.717, 1.165) is 39.2 Å². The lowest BCUT2D eigenvalue weighted by Crippen LogP contribution is -2.21. The Morgan fingerprint density at radius 1 is 1.03 bits per heavy atom. The fraction of sp³-hybridized carbons (Fsp3) is 0.130. The molecular formula is C23H17F3N4O4. The van der Waals surface area contributed by atoms with E-state index in [-0.39, 0.29) is 6.79 Å². The molecule has 5 rings (SSSR count). The van der Waals surface area contributed by atoms with Crippen LogP contribution in [0.25, 0.3) is 22.0 Å². The summed E-state index contributed by atoms with van der Waals surface area (Å²) in [5.41, 5.74) is 4.75. The Morgan fingerprint density at radius 3 is 2.50 bits per heavy atom. The van der Waals surface area contributed by atoms with Crippen LogP contribution in [0.15, 0.2) is 60.9 Å². The first kappa shape index (κ1) is 22.8. The smallest absolute Gasteiger partial charge is 0.475 e. The summed E-state index contributed by atoms with van der Waals surface area (Å²) in [6, 6.07) is 15.8. The molecule has 1 aliphatic heterocycles. The van der Waals surface area contributed by atoms with Gasteiger partial charge in [0.25, 0.3) is 0 Å². The molecule has 11 heteroatoms. The van der Waals surface area contributed by atoms with Gasteiger partial charge in [-0.1, -0.05) is 24.3 Å². The Hall–Kier alpha value is -4.41. The molecule has 0 amide bonds. The summed E-state index contributed by atoms with van der Waals surface area (Å²) in [6.45, 7) is 2.22. The zero-order valence-corrected chi connectivity index (χ0v) is 17.6. The average Bonchev–Trinajstić information content (AvgIpc) is 3.27. The van der Waals surface area contributed by atoms with E-state index < -0.39 is 12.1 Å². The Balaban J connectivity index is 0.000000344. The van der Waals surface area contributed by atoms with Gasteiger partial charge in [-0.05, 0) is 25.1 Å². The number of hydrogen-bond donors (Lipinski definition) is 2. The fourth-order valence-electron chi connectivity index (χ4n) is 3.08. The Bertz CT molecular complexity index is 1340. The minimum absolute atomic E-state index is 0.249. The van der Waals surface area contributed by atoms with Crippen LogP contribution in [0.1, 0.15) is 5.69 Å². The molecule has 1 aliphatic rings. The highest BCUT2D eigenvalue weighted by Crippen LogP contribution is 2.35. The van der Waals surface area contributed by atoms with Gasteiger partial charge in [0, 0.05) is 46.4 Å². The summed E-state index contributed by atoms with van der Waals surface area (Å²) in [4.78, 5) is 22.5. The van der Waals surface area contributed by atoms with Crippen molar-refractivity contribution in [3.8, 4) is 22.6 Å². The number of rotatable bonds is 3. The fourth-order valence-corrected chi connectivity index (χ4v) is 3.08. The van der Waals surface area contributed by atoms with Gasteiger partial charge in [0.15, 0.2) is 11.5 Å². The largest absolute Gasteiger partial charge is 0.490 e. The summed E-state index contributed by atoms with van der Waals surface area (Å²) >= 11 is 0. The molecule has 4 aromatic rings. The summed E-state index contributed by atoms with van der Waals surface area (Å²) < 4.78 is 42.5. The number of nitrogens with zero attached hydrogens (tertiary/aromatic N) is 3. The molecule has 0 unspecified atom stereocenters. The molecule has 2 N–H and O–H groups in total. The number of carboxylic acids is 1. The predicted molar refractivity (Wildman–Crippen MR) is 117 cm³/mol. The van der Waals surface area contributed by atoms with E-state index in [2.05, 4.69) is 21.4 Å². The standard InChI is InChI=1S/C21H16N4O2.C2HF3O2/c1-13-5-6-14(10-22-13)17-4-2-3-15-11-23-21(25-20(15)17)24-16-7-8-18-19(9-16)27-12-26-18;3-2(4,5)1(6)7/h2-11H,12H2,1H3,(H,23,24,25);(H,6,7). The number of anilines is 2. The first-order valence-electron chi connectivity index (χ1n) is 9.86. The molecule has 34 heavy (non-hydrogen) atoms. The van der Waals surface area contributed by atoms with Crippen molar-refractivity contribution in [1.29, 1.82) is 0 Å². The maximum absolute atomic E-state index is 10.6. The monoisotopic (exact) mass is 470 g/mol. The molecule has 174 valence electrons. The number of aromatic nitrogens is 3. The number of aryl methyl sites for hydroxylation is 1. The second-order valence-corrected chi connectivity index (χ2v) is 7.12. The van der Waals surface area contributed by atoms with E-state index in [0.29, 0.717) is 11.7 Å². The van der Waals surface area contributed by atoms with Gasteiger partial charge in [0.2, 0.25) is 12.7 Å². The molecule has 0 saturated heterocycles. The third-order valence-electron chi connectivity index (χ3n) is 4.70. The highest BCUT2D eigenvalue weighted by atomic mass is 19.4. The first-order valence-corrected chi connectivity index (χ1v) is 9.86. The predicted octanol–water partition coefficient (Wildman–Crippen LogP) is 5.11. The minimum Gasteiger partial charge on any atom is -0.475 e. The van der Waals surface area contributed by atoms with Gasteiger partial charge in [-0.25, -0.2) is 14.8 Å². The van der Waals surface area contributed by atoms with E-state index in [1.165, 1.54) is 0 Å². The highest BCUT2D eigenvalue weighted by Gasteiger charge is 2.38. The number of alkyl halides is 3. The Labute approximate surface area is 191 Å². The van der Waals surface area contributed by atoms with Crippen molar-refractivity contribution in [3.63, 3.8) is 0 Å². The quantitative estimate of drug-likeness (QED) is 0.426. The second kappa shape index (κ2) is 9.22. The number of fused-ring (bicyclic) bond motifs is 2. The first-order chi connectivity index (χ1) is 16.2. The van der Waals surface area contributed by atoms with E-state index in [1.54, 1.807) is 0 Å². The van der Waals surface area contributed by atoms with Gasteiger partial charge in [-0.2, -0.15) is 13.2 Å². The number of carbonyl (C=O) groups is 1. The molecule has 0 atom stereocenters. The molecule has 2 aromatic heterocycles. The van der Waals surface area contributed by atoms with Gasteiger partial charge >= 0.3 is 12.1 Å². The number of nitrogens with one attached hydrogen (secondary N) is 1. The van der Waals surface area contributed by atoms with Crippen LogP contribution in [0.3, 0.4) is 0 Å². The lowest BCUT2D eigenvalue weighted by Gasteiger charge is -2.09. The molecule has 0 aliphatic carbocycles. The highest BCUT2D eigenvalue weighted by molar-refractivity contribution is 5.93.